The molecule has 0 aliphatic heterocycles. The van der Waals surface area contributed by atoms with Crippen molar-refractivity contribution in [2.24, 2.45) is 0 Å². The average molecular weight is 431 g/mol. The van der Waals surface area contributed by atoms with Gasteiger partial charge in [-0.05, 0) is 73.2 Å². The SMILES string of the molecule is CCCCc1ccc2oc(-c3ccc(-c4nc5cc(CCCC)ccc5o4)s3)nc2c1. The molecule has 0 aliphatic rings. The number of benzene rings is 2. The normalized spacial score (nSPS) is 11.7. The largest absolute Gasteiger partial charge is 0.435 e. The van der Waals surface area contributed by atoms with E-state index in [-0.39, 0.29) is 0 Å². The third-order valence-electron chi connectivity index (χ3n) is 5.57. The smallest absolute Gasteiger partial charge is 0.237 e. The minimum absolute atomic E-state index is 0.650. The Hall–Kier alpha value is -2.92. The molecule has 0 spiro atoms. The Kier molecular flexibility index (Phi) is 5.60. The summed E-state index contributed by atoms with van der Waals surface area (Å²) in [6, 6.07) is 16.7. The first-order chi connectivity index (χ1) is 15.2. The van der Waals surface area contributed by atoms with Gasteiger partial charge in [0.15, 0.2) is 11.2 Å². The van der Waals surface area contributed by atoms with E-state index in [1.165, 1.54) is 36.8 Å². The predicted octanol–water partition coefficient (Wildman–Crippen LogP) is 8.05. The quantitative estimate of drug-likeness (QED) is 0.250. The molecule has 5 aromatic rings. The molecule has 0 saturated carbocycles. The number of thiophene rings is 1. The Balaban J connectivity index is 1.41. The molecule has 158 valence electrons. The van der Waals surface area contributed by atoms with Gasteiger partial charge in [-0.1, -0.05) is 38.8 Å². The van der Waals surface area contributed by atoms with Crippen molar-refractivity contribution >= 4 is 33.5 Å². The van der Waals surface area contributed by atoms with Crippen molar-refractivity contribution in [3.05, 3.63) is 59.7 Å². The van der Waals surface area contributed by atoms with Crippen molar-refractivity contribution in [3.8, 4) is 21.5 Å². The van der Waals surface area contributed by atoms with Crippen LogP contribution < -0.4 is 0 Å². The fourth-order valence-electron chi connectivity index (χ4n) is 3.80. The molecule has 3 aromatic heterocycles. The van der Waals surface area contributed by atoms with Crippen molar-refractivity contribution in [2.45, 2.75) is 52.4 Å². The Morgan fingerprint density at radius 1 is 0.677 bits per heavy atom. The van der Waals surface area contributed by atoms with E-state index >= 15 is 0 Å². The second kappa shape index (κ2) is 8.67. The molecule has 0 bridgehead atoms. The number of unbranched alkanes of at least 4 members (excludes halogenated alkanes) is 2. The van der Waals surface area contributed by atoms with E-state index in [2.05, 4.69) is 38.1 Å². The molecule has 5 heteroatoms. The van der Waals surface area contributed by atoms with Gasteiger partial charge in [-0.15, -0.1) is 11.3 Å². The molecule has 2 aromatic carbocycles. The lowest BCUT2D eigenvalue weighted by atomic mass is 10.1. The number of nitrogens with zero attached hydrogens (tertiary/aromatic N) is 2. The number of hydrogen-bond acceptors (Lipinski definition) is 5. The second-order valence-electron chi connectivity index (χ2n) is 8.01. The van der Waals surface area contributed by atoms with Gasteiger partial charge < -0.3 is 8.83 Å². The number of hydrogen-bond donors (Lipinski definition) is 0. The molecule has 0 aliphatic carbocycles. The van der Waals surface area contributed by atoms with Crippen molar-refractivity contribution < 1.29 is 8.83 Å². The van der Waals surface area contributed by atoms with Gasteiger partial charge in [0.25, 0.3) is 0 Å². The summed E-state index contributed by atoms with van der Waals surface area (Å²) < 4.78 is 12.0. The maximum absolute atomic E-state index is 6.02. The second-order valence-corrected chi connectivity index (χ2v) is 9.10. The van der Waals surface area contributed by atoms with Gasteiger partial charge in [-0.25, -0.2) is 9.97 Å². The summed E-state index contributed by atoms with van der Waals surface area (Å²) >= 11 is 1.59. The van der Waals surface area contributed by atoms with E-state index in [4.69, 9.17) is 18.8 Å². The van der Waals surface area contributed by atoms with Gasteiger partial charge in [0.1, 0.15) is 11.0 Å². The highest BCUT2D eigenvalue weighted by Gasteiger charge is 2.15. The van der Waals surface area contributed by atoms with Crippen LogP contribution in [0.4, 0.5) is 0 Å². The van der Waals surface area contributed by atoms with Gasteiger partial charge in [-0.3, -0.25) is 0 Å². The van der Waals surface area contributed by atoms with E-state index in [9.17, 15) is 0 Å². The topological polar surface area (TPSA) is 52.1 Å². The molecule has 0 fully saturated rings. The number of fused-ring (bicyclic) bond motifs is 2. The van der Waals surface area contributed by atoms with Gasteiger partial charge in [-0.2, -0.15) is 0 Å². The zero-order valence-corrected chi connectivity index (χ0v) is 18.8. The zero-order chi connectivity index (χ0) is 21.2. The van der Waals surface area contributed by atoms with E-state index in [1.54, 1.807) is 11.3 Å². The molecule has 0 radical (unpaired) electrons. The number of rotatable bonds is 8. The number of aryl methyl sites for hydroxylation is 2. The molecule has 0 N–H and O–H groups in total. The summed E-state index contributed by atoms with van der Waals surface area (Å²) in [5, 5.41) is 0. The van der Waals surface area contributed by atoms with Crippen LogP contribution in [-0.2, 0) is 12.8 Å². The third-order valence-corrected chi connectivity index (χ3v) is 6.63. The predicted molar refractivity (Wildman–Crippen MR) is 128 cm³/mol. The highest BCUT2D eigenvalue weighted by molar-refractivity contribution is 7.18. The lowest BCUT2D eigenvalue weighted by molar-refractivity contribution is 0.621. The van der Waals surface area contributed by atoms with E-state index < -0.39 is 0 Å². The first-order valence-electron chi connectivity index (χ1n) is 11.1. The van der Waals surface area contributed by atoms with Crippen LogP contribution in [0.2, 0.25) is 0 Å². The molecule has 0 atom stereocenters. The Morgan fingerprint density at radius 2 is 1.16 bits per heavy atom. The van der Waals surface area contributed by atoms with Crippen LogP contribution in [0, 0.1) is 0 Å². The van der Waals surface area contributed by atoms with Crippen molar-refractivity contribution in [3.63, 3.8) is 0 Å². The van der Waals surface area contributed by atoms with Gasteiger partial charge >= 0.3 is 0 Å². The van der Waals surface area contributed by atoms with Crippen LogP contribution in [0.15, 0.2) is 57.4 Å². The molecule has 0 unspecified atom stereocenters. The molecule has 3 heterocycles. The molecule has 5 rings (SSSR count). The van der Waals surface area contributed by atoms with Crippen LogP contribution in [0.25, 0.3) is 43.7 Å². The molecular weight excluding hydrogens is 404 g/mol. The maximum Gasteiger partial charge on any atom is 0.237 e. The standard InChI is InChI=1S/C26H26N2O2S/c1-3-5-7-17-9-11-21-19(15-17)27-25(29-21)23-13-14-24(31-23)26-28-20-16-18(8-6-4-2)10-12-22(20)30-26/h9-16H,3-8H2,1-2H3. The van der Waals surface area contributed by atoms with E-state index in [1.807, 2.05) is 24.3 Å². The number of aromatic nitrogens is 2. The minimum Gasteiger partial charge on any atom is -0.435 e. The lowest BCUT2D eigenvalue weighted by Crippen LogP contribution is -1.83. The molecule has 4 nitrogen and oxygen atoms in total. The maximum atomic E-state index is 6.02. The fraction of sp³-hybridized carbons (Fsp3) is 0.308. The highest BCUT2D eigenvalue weighted by Crippen LogP contribution is 2.36. The van der Waals surface area contributed by atoms with E-state index in [0.29, 0.717) is 11.8 Å². The van der Waals surface area contributed by atoms with Crippen LogP contribution in [0.1, 0.15) is 50.7 Å². The van der Waals surface area contributed by atoms with Crippen molar-refractivity contribution in [1.29, 1.82) is 0 Å². The molecular formula is C26H26N2O2S. The summed E-state index contributed by atoms with van der Waals surface area (Å²) in [4.78, 5) is 11.4. The summed E-state index contributed by atoms with van der Waals surface area (Å²) in [5.41, 5.74) is 6.11. The highest BCUT2D eigenvalue weighted by atomic mass is 32.1. The van der Waals surface area contributed by atoms with Gasteiger partial charge in [0.05, 0.1) is 9.75 Å². The van der Waals surface area contributed by atoms with Crippen LogP contribution in [0.5, 0.6) is 0 Å². The first kappa shape index (κ1) is 20.0. The molecule has 0 saturated heterocycles. The summed E-state index contributed by atoms with van der Waals surface area (Å²) in [5.74, 6) is 1.30. The van der Waals surface area contributed by atoms with Gasteiger partial charge in [0, 0.05) is 0 Å². The van der Waals surface area contributed by atoms with Crippen molar-refractivity contribution in [2.75, 3.05) is 0 Å². The Morgan fingerprint density at radius 3 is 1.61 bits per heavy atom. The minimum atomic E-state index is 0.650. The molecule has 0 amide bonds. The average Bonchev–Trinajstić information content (AvgIpc) is 3.52. The lowest BCUT2D eigenvalue weighted by Gasteiger charge is -1.97. The summed E-state index contributed by atoms with van der Waals surface area (Å²) in [7, 11) is 0. The number of oxazole rings is 2. The summed E-state index contributed by atoms with van der Waals surface area (Å²) in [6.45, 7) is 4.42. The van der Waals surface area contributed by atoms with Crippen LogP contribution in [-0.4, -0.2) is 9.97 Å². The molecule has 31 heavy (non-hydrogen) atoms. The summed E-state index contributed by atoms with van der Waals surface area (Å²) in [6.07, 6.45) is 6.92. The van der Waals surface area contributed by atoms with Crippen LogP contribution in [0.3, 0.4) is 0 Å². The zero-order valence-electron chi connectivity index (χ0n) is 18.0. The van der Waals surface area contributed by atoms with Crippen molar-refractivity contribution in [1.82, 2.24) is 9.97 Å². The monoisotopic (exact) mass is 430 g/mol. The van der Waals surface area contributed by atoms with E-state index in [0.717, 1.165) is 44.8 Å². The third kappa shape index (κ3) is 4.15. The first-order valence-corrected chi connectivity index (χ1v) is 11.9. The van der Waals surface area contributed by atoms with Gasteiger partial charge in [0.2, 0.25) is 11.8 Å². The Labute approximate surface area is 185 Å². The fourth-order valence-corrected chi connectivity index (χ4v) is 4.66. The van der Waals surface area contributed by atoms with Crippen LogP contribution >= 0.6 is 11.3 Å². The Bertz CT molecular complexity index is 1230.